The van der Waals surface area contributed by atoms with E-state index in [9.17, 15) is 14.7 Å². The van der Waals surface area contributed by atoms with Crippen molar-refractivity contribution in [3.63, 3.8) is 0 Å². The van der Waals surface area contributed by atoms with Crippen LogP contribution in [0.4, 0.5) is 0 Å². The molecule has 0 saturated heterocycles. The van der Waals surface area contributed by atoms with E-state index in [1.165, 1.54) is 18.4 Å². The minimum Gasteiger partial charge on any atom is -0.550 e. The number of ketones is 1. The van der Waals surface area contributed by atoms with Crippen LogP contribution in [0.2, 0.25) is 0 Å². The summed E-state index contributed by atoms with van der Waals surface area (Å²) in [5, 5.41) is 12.1. The molecule has 5 aliphatic rings. The largest absolute Gasteiger partial charge is 0.550 e. The van der Waals surface area contributed by atoms with E-state index >= 15 is 0 Å². The van der Waals surface area contributed by atoms with Crippen molar-refractivity contribution in [3.8, 4) is 0 Å². The van der Waals surface area contributed by atoms with Gasteiger partial charge in [-0.3, -0.25) is 4.79 Å². The average molecular weight is 468 g/mol. The maximum Gasteiger partial charge on any atom is 0.159 e. The molecule has 3 heteroatoms. The van der Waals surface area contributed by atoms with Crippen molar-refractivity contribution in [1.82, 2.24) is 0 Å². The Balaban J connectivity index is 1.62. The van der Waals surface area contributed by atoms with Crippen LogP contribution in [-0.2, 0) is 9.59 Å². The zero-order chi connectivity index (χ0) is 25.1. The third-order valence-electron chi connectivity index (χ3n) is 13.6. The fraction of sp³-hybridized carbons (Fsp3) is 0.871. The van der Waals surface area contributed by atoms with E-state index in [1.54, 1.807) is 0 Å². The van der Waals surface area contributed by atoms with E-state index in [-0.39, 0.29) is 38.9 Å². The predicted molar refractivity (Wildman–Crippen MR) is 134 cm³/mol. The first kappa shape index (κ1) is 24.6. The summed E-state index contributed by atoms with van der Waals surface area (Å²) in [6.07, 6.45) is 11.2. The van der Waals surface area contributed by atoms with Gasteiger partial charge in [-0.15, -0.1) is 0 Å². The summed E-state index contributed by atoms with van der Waals surface area (Å²) in [7, 11) is 0. The van der Waals surface area contributed by atoms with Gasteiger partial charge in [-0.2, -0.15) is 0 Å². The number of hydrogen-bond acceptors (Lipinski definition) is 3. The molecule has 4 saturated carbocycles. The minimum atomic E-state index is -0.916. The minimum absolute atomic E-state index is 0.0396. The van der Waals surface area contributed by atoms with Crippen molar-refractivity contribution in [1.29, 1.82) is 0 Å². The predicted octanol–water partition coefficient (Wildman–Crippen LogP) is 6.35. The highest BCUT2D eigenvalue weighted by Gasteiger charge is 2.69. The fourth-order valence-electron chi connectivity index (χ4n) is 10.5. The number of rotatable bonds is 1. The highest BCUT2D eigenvalue weighted by Crippen LogP contribution is 2.75. The first-order valence-corrected chi connectivity index (χ1v) is 14.0. The lowest BCUT2D eigenvalue weighted by Gasteiger charge is -2.70. The molecule has 0 radical (unpaired) electrons. The molecule has 0 aromatic heterocycles. The topological polar surface area (TPSA) is 57.2 Å². The van der Waals surface area contributed by atoms with Gasteiger partial charge in [0.05, 0.1) is 0 Å². The van der Waals surface area contributed by atoms with Crippen molar-refractivity contribution in [2.24, 2.45) is 56.2 Å². The number of aliphatic carboxylic acids is 1. The Hall–Kier alpha value is -1.12. The Bertz CT molecular complexity index is 962. The van der Waals surface area contributed by atoms with Crippen LogP contribution in [0, 0.1) is 56.2 Å². The number of carbonyl (C=O) groups is 2. The van der Waals surface area contributed by atoms with E-state index in [0.717, 1.165) is 32.1 Å². The zero-order valence-electron chi connectivity index (χ0n) is 23.0. The van der Waals surface area contributed by atoms with Crippen molar-refractivity contribution < 1.29 is 14.7 Å². The van der Waals surface area contributed by atoms with E-state index in [2.05, 4.69) is 54.5 Å². The number of carboxylic acids is 1. The monoisotopic (exact) mass is 467 g/mol. The molecule has 0 N–H and O–H groups in total. The van der Waals surface area contributed by atoms with Crippen molar-refractivity contribution in [3.05, 3.63) is 11.6 Å². The first-order chi connectivity index (χ1) is 15.6. The SMILES string of the molecule is C[C@H]1CC[C@@]2(C)[C@H](CC[C@]3(C)[C@H]2C(=O)C=C2[C@@H]4C[C@@](C)(C(=O)[O-])CC[C@]4(C)CC[C@]23C)C1(C)C. The fourth-order valence-corrected chi connectivity index (χ4v) is 10.5. The van der Waals surface area contributed by atoms with Gasteiger partial charge in [0.15, 0.2) is 5.78 Å². The molecule has 0 spiro atoms. The van der Waals surface area contributed by atoms with E-state index in [4.69, 9.17) is 0 Å². The lowest BCUT2D eigenvalue weighted by Crippen LogP contribution is -2.66. The summed E-state index contributed by atoms with van der Waals surface area (Å²) in [5.41, 5.74) is 0.781. The molecule has 0 aliphatic heterocycles. The van der Waals surface area contributed by atoms with Crippen molar-refractivity contribution in [2.45, 2.75) is 113 Å². The second-order valence-electron chi connectivity index (χ2n) is 15.3. The molecular formula is C31H47O3-. The summed E-state index contributed by atoms with van der Waals surface area (Å²) < 4.78 is 0. The van der Waals surface area contributed by atoms with Gasteiger partial charge >= 0.3 is 0 Å². The Morgan fingerprint density at radius 1 is 0.912 bits per heavy atom. The molecule has 0 aromatic rings. The Morgan fingerprint density at radius 3 is 2.21 bits per heavy atom. The Morgan fingerprint density at radius 2 is 1.56 bits per heavy atom. The standard InChI is InChI=1S/C31H48O3/c1-19-9-11-29(6)23(26(19,2)3)10-12-31(8)24(29)22(32)17-20-21-18-28(5,25(33)34)14-13-27(21,4)15-16-30(20,31)7/h17,19,21,23-24H,9-16,18H2,1-8H3,(H,33,34)/p-1/t19-,21-,23+,24-,27+,28-,29-,30+,31+/m0/s1. The summed E-state index contributed by atoms with van der Waals surface area (Å²) in [6.45, 7) is 18.9. The number of carboxylic acid groups (broad SMARTS) is 1. The average Bonchev–Trinajstić information content (AvgIpc) is 2.73. The lowest BCUT2D eigenvalue weighted by atomic mass is 9.33. The molecular weight excluding hydrogens is 420 g/mol. The van der Waals surface area contributed by atoms with Gasteiger partial charge < -0.3 is 9.90 Å². The molecule has 0 amide bonds. The Kier molecular flexibility index (Phi) is 5.06. The molecule has 190 valence electrons. The number of fused-ring (bicyclic) bond motifs is 7. The van der Waals surface area contributed by atoms with Gasteiger partial charge in [0.2, 0.25) is 0 Å². The van der Waals surface area contributed by atoms with Crippen LogP contribution < -0.4 is 5.11 Å². The third kappa shape index (κ3) is 2.82. The maximum atomic E-state index is 14.3. The second kappa shape index (κ2) is 7.00. The van der Waals surface area contributed by atoms with Crippen LogP contribution in [-0.4, -0.2) is 11.8 Å². The van der Waals surface area contributed by atoms with Crippen molar-refractivity contribution >= 4 is 11.8 Å². The molecule has 3 nitrogen and oxygen atoms in total. The molecule has 0 bridgehead atoms. The molecule has 9 atom stereocenters. The van der Waals surface area contributed by atoms with E-state index in [1.807, 2.05) is 6.92 Å². The third-order valence-corrected chi connectivity index (χ3v) is 13.6. The van der Waals surface area contributed by atoms with Crippen LogP contribution in [0.15, 0.2) is 11.6 Å². The van der Waals surface area contributed by atoms with Crippen LogP contribution in [0.3, 0.4) is 0 Å². The number of hydrogen-bond donors (Lipinski definition) is 0. The highest BCUT2D eigenvalue weighted by molar-refractivity contribution is 5.95. The Labute approximate surface area is 207 Å². The van der Waals surface area contributed by atoms with Crippen LogP contribution >= 0.6 is 0 Å². The zero-order valence-corrected chi connectivity index (χ0v) is 23.0. The van der Waals surface area contributed by atoms with Crippen LogP contribution in [0.1, 0.15) is 113 Å². The van der Waals surface area contributed by atoms with E-state index < -0.39 is 11.4 Å². The van der Waals surface area contributed by atoms with Crippen LogP contribution in [0.5, 0.6) is 0 Å². The molecule has 0 aromatic carbocycles. The van der Waals surface area contributed by atoms with Gasteiger partial charge in [0.1, 0.15) is 0 Å². The van der Waals surface area contributed by atoms with Gasteiger partial charge in [-0.25, -0.2) is 0 Å². The number of allylic oxidation sites excluding steroid dienone is 2. The highest BCUT2D eigenvalue weighted by atomic mass is 16.4. The molecule has 34 heavy (non-hydrogen) atoms. The van der Waals surface area contributed by atoms with Crippen molar-refractivity contribution in [2.75, 3.05) is 0 Å². The summed E-state index contributed by atoms with van der Waals surface area (Å²) in [4.78, 5) is 26.4. The van der Waals surface area contributed by atoms with Gasteiger partial charge in [0.25, 0.3) is 0 Å². The first-order valence-electron chi connectivity index (χ1n) is 14.0. The summed E-state index contributed by atoms with van der Waals surface area (Å²) in [5.74, 6) is 0.930. The summed E-state index contributed by atoms with van der Waals surface area (Å²) >= 11 is 0. The molecule has 5 aliphatic carbocycles. The van der Waals surface area contributed by atoms with Crippen LogP contribution in [0.25, 0.3) is 0 Å². The maximum absolute atomic E-state index is 14.3. The second-order valence-corrected chi connectivity index (χ2v) is 15.3. The van der Waals surface area contributed by atoms with E-state index in [0.29, 0.717) is 30.5 Å². The quantitative estimate of drug-likeness (QED) is 0.451. The normalized spacial score (nSPS) is 54.1. The smallest absolute Gasteiger partial charge is 0.159 e. The molecule has 5 rings (SSSR count). The lowest BCUT2D eigenvalue weighted by molar-refractivity contribution is -0.321. The van der Waals surface area contributed by atoms with Gasteiger partial charge in [0, 0.05) is 17.3 Å². The van der Waals surface area contributed by atoms with Gasteiger partial charge in [-0.05, 0) is 109 Å². The number of carbonyl (C=O) groups excluding carboxylic acids is 2. The molecule has 0 unspecified atom stereocenters. The summed E-state index contributed by atoms with van der Waals surface area (Å²) in [6, 6.07) is 0. The molecule has 0 heterocycles. The molecule has 4 fully saturated rings. The van der Waals surface area contributed by atoms with Gasteiger partial charge in [-0.1, -0.05) is 61.0 Å².